The summed E-state index contributed by atoms with van der Waals surface area (Å²) in [6.07, 6.45) is 0. The Kier molecular flexibility index (Phi) is 3.90. The van der Waals surface area contributed by atoms with Gasteiger partial charge in [0.1, 0.15) is 0 Å². The normalized spacial score (nSPS) is 10.0. The zero-order valence-corrected chi connectivity index (χ0v) is 11.6. The van der Waals surface area contributed by atoms with Crippen molar-refractivity contribution in [3.63, 3.8) is 0 Å². The number of aryl methyl sites for hydroxylation is 1. The summed E-state index contributed by atoms with van der Waals surface area (Å²) in [6.45, 7) is 1.83. The number of nitriles is 1. The second kappa shape index (κ2) is 5.44. The molecule has 0 heterocycles. The van der Waals surface area contributed by atoms with Crippen LogP contribution in [0.25, 0.3) is 0 Å². The van der Waals surface area contributed by atoms with E-state index >= 15 is 0 Å². The van der Waals surface area contributed by atoms with E-state index in [0.29, 0.717) is 26.7 Å². The molecule has 0 aromatic heterocycles. The minimum absolute atomic E-state index is 0.195. The van der Waals surface area contributed by atoms with E-state index < -0.39 is 0 Å². The molecule has 2 aromatic rings. The predicted molar refractivity (Wildman–Crippen MR) is 75.8 cm³/mol. The predicted octanol–water partition coefficient (Wildman–Crippen LogP) is 4.40. The first kappa shape index (κ1) is 13.6. The van der Waals surface area contributed by atoms with Crippen molar-refractivity contribution in [2.24, 2.45) is 0 Å². The van der Waals surface area contributed by atoms with E-state index in [-0.39, 0.29) is 5.78 Å². The van der Waals surface area contributed by atoms with Crippen LogP contribution in [0, 0.1) is 18.3 Å². The van der Waals surface area contributed by atoms with Crippen LogP contribution in [0.15, 0.2) is 36.4 Å². The number of carbonyl (C=O) groups excluding carboxylic acids is 1. The van der Waals surface area contributed by atoms with Crippen molar-refractivity contribution in [2.75, 3.05) is 0 Å². The van der Waals surface area contributed by atoms with E-state index in [9.17, 15) is 4.79 Å². The van der Waals surface area contributed by atoms with Gasteiger partial charge in [0.2, 0.25) is 0 Å². The fourth-order valence-corrected chi connectivity index (χ4v) is 2.19. The summed E-state index contributed by atoms with van der Waals surface area (Å²) in [6, 6.07) is 11.7. The number of nitrogens with zero attached hydrogens (tertiary/aromatic N) is 1. The first-order valence-corrected chi connectivity index (χ1v) is 6.28. The highest BCUT2D eigenvalue weighted by Gasteiger charge is 2.14. The third-order valence-electron chi connectivity index (χ3n) is 2.73. The largest absolute Gasteiger partial charge is 0.289 e. The monoisotopic (exact) mass is 289 g/mol. The number of ketones is 1. The zero-order valence-electron chi connectivity index (χ0n) is 10.1. The first-order chi connectivity index (χ1) is 9.01. The van der Waals surface area contributed by atoms with Crippen LogP contribution in [0.2, 0.25) is 10.0 Å². The molecule has 2 nitrogen and oxygen atoms in total. The van der Waals surface area contributed by atoms with Crippen LogP contribution in [0.4, 0.5) is 0 Å². The zero-order chi connectivity index (χ0) is 14.0. The van der Waals surface area contributed by atoms with Crippen LogP contribution in [-0.4, -0.2) is 5.78 Å². The molecule has 2 rings (SSSR count). The molecule has 2 aromatic carbocycles. The van der Waals surface area contributed by atoms with Crippen LogP contribution in [0.3, 0.4) is 0 Å². The fourth-order valence-electron chi connectivity index (χ4n) is 1.78. The Balaban J connectivity index is 2.53. The van der Waals surface area contributed by atoms with Gasteiger partial charge in [-0.05, 0) is 42.8 Å². The van der Waals surface area contributed by atoms with Crippen molar-refractivity contribution < 1.29 is 4.79 Å². The van der Waals surface area contributed by atoms with Crippen molar-refractivity contribution in [3.8, 4) is 6.07 Å². The molecular formula is C15H9Cl2NO. The maximum atomic E-state index is 12.4. The van der Waals surface area contributed by atoms with Crippen molar-refractivity contribution in [2.45, 2.75) is 6.92 Å². The van der Waals surface area contributed by atoms with Crippen LogP contribution in [0.5, 0.6) is 0 Å². The number of halogens is 2. The van der Waals surface area contributed by atoms with Crippen LogP contribution < -0.4 is 0 Å². The maximum absolute atomic E-state index is 12.4. The second-order valence-corrected chi connectivity index (χ2v) is 5.00. The minimum Gasteiger partial charge on any atom is -0.289 e. The highest BCUT2D eigenvalue weighted by molar-refractivity contribution is 6.32. The summed E-state index contributed by atoms with van der Waals surface area (Å²) in [4.78, 5) is 12.4. The maximum Gasteiger partial charge on any atom is 0.193 e. The molecule has 0 aliphatic heterocycles. The molecule has 0 saturated heterocycles. The van der Waals surface area contributed by atoms with Crippen LogP contribution in [0.1, 0.15) is 27.0 Å². The Morgan fingerprint density at radius 1 is 1.11 bits per heavy atom. The Bertz CT molecular complexity index is 702. The summed E-state index contributed by atoms with van der Waals surface area (Å²) in [5.41, 5.74) is 2.08. The van der Waals surface area contributed by atoms with Crippen LogP contribution >= 0.6 is 23.2 Å². The number of benzene rings is 2. The molecule has 0 spiro atoms. The lowest BCUT2D eigenvalue weighted by atomic mass is 9.98. The van der Waals surface area contributed by atoms with Gasteiger partial charge >= 0.3 is 0 Å². The summed E-state index contributed by atoms with van der Waals surface area (Å²) in [5, 5.41) is 9.76. The van der Waals surface area contributed by atoms with Crippen molar-refractivity contribution in [3.05, 3.63) is 68.7 Å². The van der Waals surface area contributed by atoms with Gasteiger partial charge in [0.05, 0.1) is 11.6 Å². The molecule has 0 amide bonds. The van der Waals surface area contributed by atoms with Gasteiger partial charge in [0.25, 0.3) is 0 Å². The van der Waals surface area contributed by atoms with Gasteiger partial charge in [-0.3, -0.25) is 4.79 Å². The average molecular weight is 290 g/mol. The Morgan fingerprint density at radius 2 is 1.84 bits per heavy atom. The summed E-state index contributed by atoms with van der Waals surface area (Å²) in [7, 11) is 0. The molecule has 0 radical (unpaired) electrons. The molecule has 0 fully saturated rings. The smallest absolute Gasteiger partial charge is 0.193 e. The number of hydrogen-bond donors (Lipinski definition) is 0. The molecule has 19 heavy (non-hydrogen) atoms. The Morgan fingerprint density at radius 3 is 2.53 bits per heavy atom. The molecule has 0 aliphatic rings. The molecule has 0 saturated carbocycles. The third-order valence-corrected chi connectivity index (χ3v) is 3.19. The molecular weight excluding hydrogens is 281 g/mol. The fraction of sp³-hybridized carbons (Fsp3) is 0.0667. The minimum atomic E-state index is -0.195. The third kappa shape index (κ3) is 2.96. The van der Waals surface area contributed by atoms with E-state index in [4.69, 9.17) is 28.5 Å². The van der Waals surface area contributed by atoms with Gasteiger partial charge < -0.3 is 0 Å². The highest BCUT2D eigenvalue weighted by Crippen LogP contribution is 2.22. The van der Waals surface area contributed by atoms with Crippen molar-refractivity contribution >= 4 is 29.0 Å². The van der Waals surface area contributed by atoms with Gasteiger partial charge in [-0.25, -0.2) is 0 Å². The molecule has 0 bridgehead atoms. The SMILES string of the molecule is Cc1ccc(Cl)cc1C(=O)c1cc(Cl)cc(C#N)c1. The lowest BCUT2D eigenvalue weighted by Gasteiger charge is -2.06. The van der Waals surface area contributed by atoms with E-state index in [1.54, 1.807) is 24.3 Å². The summed E-state index contributed by atoms with van der Waals surface area (Å²) < 4.78 is 0. The van der Waals surface area contributed by atoms with Gasteiger partial charge in [0, 0.05) is 21.2 Å². The molecule has 0 N–H and O–H groups in total. The number of rotatable bonds is 2. The topological polar surface area (TPSA) is 40.9 Å². The van der Waals surface area contributed by atoms with Gasteiger partial charge in [-0.15, -0.1) is 0 Å². The molecule has 0 atom stereocenters. The van der Waals surface area contributed by atoms with Gasteiger partial charge in [-0.2, -0.15) is 5.26 Å². The van der Waals surface area contributed by atoms with E-state index in [0.717, 1.165) is 5.56 Å². The lowest BCUT2D eigenvalue weighted by molar-refractivity contribution is 0.103. The Hall–Kier alpha value is -1.82. The lowest BCUT2D eigenvalue weighted by Crippen LogP contribution is -2.04. The molecule has 0 aliphatic carbocycles. The number of hydrogen-bond acceptors (Lipinski definition) is 2. The standard InChI is InChI=1S/C15H9Cl2NO/c1-9-2-3-12(16)7-14(9)15(19)11-4-10(8-18)5-13(17)6-11/h2-7H,1H3. The Labute approximate surface area is 121 Å². The molecule has 4 heteroatoms. The van der Waals surface area contributed by atoms with E-state index in [1.165, 1.54) is 12.1 Å². The summed E-state index contributed by atoms with van der Waals surface area (Å²) in [5.74, 6) is -0.195. The van der Waals surface area contributed by atoms with E-state index in [2.05, 4.69) is 0 Å². The summed E-state index contributed by atoms with van der Waals surface area (Å²) >= 11 is 11.8. The highest BCUT2D eigenvalue weighted by atomic mass is 35.5. The van der Waals surface area contributed by atoms with Crippen molar-refractivity contribution in [1.29, 1.82) is 5.26 Å². The molecule has 94 valence electrons. The first-order valence-electron chi connectivity index (χ1n) is 5.53. The van der Waals surface area contributed by atoms with Gasteiger partial charge in [0.15, 0.2) is 5.78 Å². The van der Waals surface area contributed by atoms with Crippen LogP contribution in [-0.2, 0) is 0 Å². The molecule has 0 unspecified atom stereocenters. The average Bonchev–Trinajstić information content (AvgIpc) is 2.40. The quantitative estimate of drug-likeness (QED) is 0.769. The van der Waals surface area contributed by atoms with E-state index in [1.807, 2.05) is 13.0 Å². The number of carbonyl (C=O) groups is 1. The van der Waals surface area contributed by atoms with Gasteiger partial charge in [-0.1, -0.05) is 29.3 Å². The second-order valence-electron chi connectivity index (χ2n) is 4.13. The van der Waals surface area contributed by atoms with Crippen molar-refractivity contribution in [1.82, 2.24) is 0 Å².